The molecule has 0 spiro atoms. The Bertz CT molecular complexity index is 365. The highest BCUT2D eigenvalue weighted by atomic mass is 79.9. The van der Waals surface area contributed by atoms with Crippen molar-refractivity contribution in [3.63, 3.8) is 0 Å². The molecule has 0 unspecified atom stereocenters. The minimum absolute atomic E-state index is 0.826. The second-order valence-corrected chi connectivity index (χ2v) is 5.93. The predicted octanol–water partition coefficient (Wildman–Crippen LogP) is 3.64. The number of hydrogen-bond donors (Lipinski definition) is 0. The van der Waals surface area contributed by atoms with Gasteiger partial charge in [0.1, 0.15) is 0 Å². The predicted molar refractivity (Wildman–Crippen MR) is 83.1 cm³/mol. The average molecular weight is 332 g/mol. The van der Waals surface area contributed by atoms with Crippen LogP contribution in [0.4, 0.5) is 5.69 Å². The first-order valence-corrected chi connectivity index (χ1v) is 8.08. The van der Waals surface area contributed by atoms with E-state index in [4.69, 9.17) is 11.6 Å². The molecular formula is C14H20BrClN2. The number of anilines is 1. The van der Waals surface area contributed by atoms with Gasteiger partial charge in [0, 0.05) is 42.2 Å². The third-order valence-corrected chi connectivity index (χ3v) is 4.20. The van der Waals surface area contributed by atoms with E-state index in [2.05, 4.69) is 37.9 Å². The molecule has 1 heterocycles. The van der Waals surface area contributed by atoms with Gasteiger partial charge in [-0.25, -0.2) is 0 Å². The molecule has 4 heteroatoms. The lowest BCUT2D eigenvalue weighted by Crippen LogP contribution is -2.46. The van der Waals surface area contributed by atoms with Crippen molar-refractivity contribution in [1.29, 1.82) is 0 Å². The Morgan fingerprint density at radius 1 is 1.11 bits per heavy atom. The van der Waals surface area contributed by atoms with E-state index in [0.717, 1.165) is 36.5 Å². The molecule has 0 saturated carbocycles. The molecule has 0 N–H and O–H groups in total. The van der Waals surface area contributed by atoms with Crippen molar-refractivity contribution in [3.8, 4) is 0 Å². The van der Waals surface area contributed by atoms with Crippen molar-refractivity contribution in [2.75, 3.05) is 43.0 Å². The van der Waals surface area contributed by atoms with Crippen LogP contribution in [0.1, 0.15) is 12.8 Å². The van der Waals surface area contributed by atoms with Crippen molar-refractivity contribution in [1.82, 2.24) is 4.90 Å². The molecule has 0 amide bonds. The molecule has 0 atom stereocenters. The molecule has 0 aliphatic carbocycles. The first-order chi connectivity index (χ1) is 8.79. The van der Waals surface area contributed by atoms with Crippen LogP contribution in [0, 0.1) is 0 Å². The van der Waals surface area contributed by atoms with Crippen molar-refractivity contribution in [2.24, 2.45) is 0 Å². The van der Waals surface area contributed by atoms with Crippen molar-refractivity contribution >= 4 is 33.2 Å². The summed E-state index contributed by atoms with van der Waals surface area (Å²) in [6.07, 6.45) is 2.57. The van der Waals surface area contributed by atoms with Crippen LogP contribution < -0.4 is 4.90 Å². The number of alkyl halides is 1. The zero-order chi connectivity index (χ0) is 12.8. The summed E-state index contributed by atoms with van der Waals surface area (Å²) < 4.78 is 0. The van der Waals surface area contributed by atoms with Gasteiger partial charge < -0.3 is 4.90 Å². The molecule has 1 aromatic rings. The first kappa shape index (κ1) is 14.2. The van der Waals surface area contributed by atoms with E-state index in [1.165, 1.54) is 25.1 Å². The summed E-state index contributed by atoms with van der Waals surface area (Å²) in [5.74, 6) is 0. The smallest absolute Gasteiger partial charge is 0.0426 e. The van der Waals surface area contributed by atoms with Crippen molar-refractivity contribution in [2.45, 2.75) is 12.8 Å². The van der Waals surface area contributed by atoms with Gasteiger partial charge in [-0.2, -0.15) is 0 Å². The maximum absolute atomic E-state index is 6.04. The Labute approximate surface area is 123 Å². The summed E-state index contributed by atoms with van der Waals surface area (Å²) in [6.45, 7) is 5.77. The Hall–Kier alpha value is -0.250. The molecule has 2 rings (SSSR count). The topological polar surface area (TPSA) is 6.48 Å². The Morgan fingerprint density at radius 2 is 1.89 bits per heavy atom. The minimum atomic E-state index is 0.826. The molecule has 18 heavy (non-hydrogen) atoms. The number of hydrogen-bond acceptors (Lipinski definition) is 2. The average Bonchev–Trinajstić information content (AvgIpc) is 2.40. The monoisotopic (exact) mass is 330 g/mol. The molecule has 0 aromatic heterocycles. The summed E-state index contributed by atoms with van der Waals surface area (Å²) >= 11 is 9.52. The van der Waals surface area contributed by atoms with Gasteiger partial charge in [0.05, 0.1) is 0 Å². The van der Waals surface area contributed by atoms with Gasteiger partial charge in [-0.05, 0) is 37.6 Å². The lowest BCUT2D eigenvalue weighted by atomic mass is 10.2. The molecule has 2 nitrogen and oxygen atoms in total. The minimum Gasteiger partial charge on any atom is -0.369 e. The van der Waals surface area contributed by atoms with Gasteiger partial charge in [0.2, 0.25) is 0 Å². The van der Waals surface area contributed by atoms with Gasteiger partial charge >= 0.3 is 0 Å². The number of unbranched alkanes of at least 4 members (excludes halogenated alkanes) is 1. The lowest BCUT2D eigenvalue weighted by Gasteiger charge is -2.36. The highest BCUT2D eigenvalue weighted by molar-refractivity contribution is 9.09. The number of halogens is 2. The summed E-state index contributed by atoms with van der Waals surface area (Å²) in [6, 6.07) is 8.16. The van der Waals surface area contributed by atoms with Crippen molar-refractivity contribution in [3.05, 3.63) is 29.3 Å². The van der Waals surface area contributed by atoms with Crippen LogP contribution >= 0.6 is 27.5 Å². The summed E-state index contributed by atoms with van der Waals surface area (Å²) in [5, 5.41) is 1.95. The van der Waals surface area contributed by atoms with Gasteiger partial charge in [-0.3, -0.25) is 4.90 Å². The van der Waals surface area contributed by atoms with Crippen LogP contribution in [0.3, 0.4) is 0 Å². The van der Waals surface area contributed by atoms with Gasteiger partial charge in [0.25, 0.3) is 0 Å². The molecule has 1 aliphatic rings. The molecule has 0 bridgehead atoms. The third kappa shape index (κ3) is 4.15. The van der Waals surface area contributed by atoms with Crippen LogP contribution in [-0.4, -0.2) is 43.0 Å². The second-order valence-electron chi connectivity index (χ2n) is 4.70. The number of rotatable bonds is 5. The van der Waals surface area contributed by atoms with E-state index in [0.29, 0.717) is 0 Å². The van der Waals surface area contributed by atoms with Crippen LogP contribution in [0.2, 0.25) is 5.02 Å². The van der Waals surface area contributed by atoms with E-state index in [1.54, 1.807) is 0 Å². The third-order valence-electron chi connectivity index (χ3n) is 3.40. The molecular weight excluding hydrogens is 312 g/mol. The van der Waals surface area contributed by atoms with Crippen LogP contribution in [0.25, 0.3) is 0 Å². The lowest BCUT2D eigenvalue weighted by molar-refractivity contribution is 0.254. The second kappa shape index (κ2) is 7.37. The molecule has 0 radical (unpaired) electrons. The van der Waals surface area contributed by atoms with Gasteiger partial charge in [-0.1, -0.05) is 33.6 Å². The van der Waals surface area contributed by atoms with Crippen LogP contribution in [-0.2, 0) is 0 Å². The van der Waals surface area contributed by atoms with Crippen LogP contribution in [0.15, 0.2) is 24.3 Å². The summed E-state index contributed by atoms with van der Waals surface area (Å²) in [5.41, 5.74) is 1.25. The molecule has 100 valence electrons. The SMILES string of the molecule is Clc1cccc(N2CCN(CCCCBr)CC2)c1. The maximum Gasteiger partial charge on any atom is 0.0426 e. The quantitative estimate of drug-likeness (QED) is 0.600. The van der Waals surface area contributed by atoms with Crippen LogP contribution in [0.5, 0.6) is 0 Å². The van der Waals surface area contributed by atoms with E-state index in [1.807, 2.05) is 12.1 Å². The molecule has 1 saturated heterocycles. The van der Waals surface area contributed by atoms with Crippen molar-refractivity contribution < 1.29 is 0 Å². The fourth-order valence-electron chi connectivity index (χ4n) is 2.33. The fraction of sp³-hybridized carbons (Fsp3) is 0.571. The molecule has 1 aromatic carbocycles. The summed E-state index contributed by atoms with van der Waals surface area (Å²) in [7, 11) is 0. The van der Waals surface area contributed by atoms with Gasteiger partial charge in [0.15, 0.2) is 0 Å². The molecule has 1 aliphatic heterocycles. The number of piperazine rings is 1. The summed E-state index contributed by atoms with van der Waals surface area (Å²) in [4.78, 5) is 4.98. The Kier molecular flexibility index (Phi) is 5.80. The maximum atomic E-state index is 6.04. The van der Waals surface area contributed by atoms with E-state index in [-0.39, 0.29) is 0 Å². The molecule has 1 fully saturated rings. The fourth-order valence-corrected chi connectivity index (χ4v) is 2.91. The Balaban J connectivity index is 1.79. The van der Waals surface area contributed by atoms with E-state index in [9.17, 15) is 0 Å². The first-order valence-electron chi connectivity index (χ1n) is 6.58. The highest BCUT2D eigenvalue weighted by Gasteiger charge is 2.16. The number of benzene rings is 1. The zero-order valence-corrected chi connectivity index (χ0v) is 13.0. The Morgan fingerprint density at radius 3 is 2.56 bits per heavy atom. The van der Waals surface area contributed by atoms with E-state index < -0.39 is 0 Å². The largest absolute Gasteiger partial charge is 0.369 e. The van der Waals surface area contributed by atoms with Gasteiger partial charge in [-0.15, -0.1) is 0 Å². The number of nitrogens with zero attached hydrogens (tertiary/aromatic N) is 2. The highest BCUT2D eigenvalue weighted by Crippen LogP contribution is 2.20. The normalized spacial score (nSPS) is 17.1. The zero-order valence-electron chi connectivity index (χ0n) is 10.6. The van der Waals surface area contributed by atoms with E-state index >= 15 is 0 Å². The standard InChI is InChI=1S/C14H20BrClN2/c15-6-1-2-7-17-8-10-18(11-9-17)14-5-3-4-13(16)12-14/h3-5,12H,1-2,6-11H2.